The average molecular weight is 227 g/mol. The molecule has 2 aromatic heterocycles. The number of ether oxygens (including phenoxy) is 1. The Morgan fingerprint density at radius 2 is 1.94 bits per heavy atom. The molecule has 0 fully saturated rings. The number of rotatable bonds is 2. The fourth-order valence-corrected chi connectivity index (χ4v) is 1.46. The summed E-state index contributed by atoms with van der Waals surface area (Å²) in [4.78, 5) is 4.16. The number of hydrogen-bond acceptors (Lipinski definition) is 5. The number of fused-ring (bicyclic) bond motifs is 1. The zero-order valence-corrected chi connectivity index (χ0v) is 9.12. The van der Waals surface area contributed by atoms with Crippen LogP contribution in [0, 0.1) is 6.92 Å². The van der Waals surface area contributed by atoms with Crippen LogP contribution in [0.25, 0.3) is 11.0 Å². The predicted molar refractivity (Wildman–Crippen MR) is 60.9 cm³/mol. The molecule has 84 valence electrons. The molecule has 0 unspecified atom stereocenters. The van der Waals surface area contributed by atoms with Gasteiger partial charge in [-0.2, -0.15) is 0 Å². The minimum Gasteiger partial charge on any atom is -0.439 e. The minimum atomic E-state index is 0.548. The van der Waals surface area contributed by atoms with Crippen molar-refractivity contribution in [2.45, 2.75) is 6.92 Å². The summed E-state index contributed by atoms with van der Waals surface area (Å²) < 4.78 is 10.2. The summed E-state index contributed by atoms with van der Waals surface area (Å²) in [6.07, 6.45) is 1.76. The zero-order chi connectivity index (χ0) is 11.7. The van der Waals surface area contributed by atoms with E-state index in [4.69, 9.17) is 4.74 Å². The van der Waals surface area contributed by atoms with Crippen molar-refractivity contribution in [1.29, 1.82) is 0 Å². The first-order valence-electron chi connectivity index (χ1n) is 5.14. The Morgan fingerprint density at radius 3 is 2.76 bits per heavy atom. The van der Waals surface area contributed by atoms with E-state index < -0.39 is 0 Å². The predicted octanol–water partition coefficient (Wildman–Crippen LogP) is 2.72. The smallest absolute Gasteiger partial charge is 0.219 e. The zero-order valence-electron chi connectivity index (χ0n) is 9.12. The molecule has 0 atom stereocenters. The van der Waals surface area contributed by atoms with E-state index in [0.717, 1.165) is 5.56 Å². The van der Waals surface area contributed by atoms with Crippen LogP contribution in [0.15, 0.2) is 41.2 Å². The monoisotopic (exact) mass is 227 g/mol. The highest BCUT2D eigenvalue weighted by atomic mass is 16.6. The van der Waals surface area contributed by atoms with Gasteiger partial charge in [-0.15, -0.1) is 0 Å². The number of aromatic nitrogens is 3. The van der Waals surface area contributed by atoms with E-state index >= 15 is 0 Å². The van der Waals surface area contributed by atoms with Gasteiger partial charge >= 0.3 is 0 Å². The number of hydrogen-bond donors (Lipinski definition) is 0. The molecule has 2 heterocycles. The van der Waals surface area contributed by atoms with Gasteiger partial charge in [-0.3, -0.25) is 0 Å². The lowest BCUT2D eigenvalue weighted by molar-refractivity contribution is 0.315. The molecule has 0 aliphatic carbocycles. The highest BCUT2D eigenvalue weighted by Crippen LogP contribution is 2.22. The largest absolute Gasteiger partial charge is 0.439 e. The van der Waals surface area contributed by atoms with Crippen LogP contribution in [-0.2, 0) is 0 Å². The van der Waals surface area contributed by atoms with Crippen molar-refractivity contribution in [3.63, 3.8) is 0 Å². The van der Waals surface area contributed by atoms with Crippen molar-refractivity contribution >= 4 is 11.0 Å². The molecular weight excluding hydrogens is 218 g/mol. The van der Waals surface area contributed by atoms with Crippen molar-refractivity contribution in [2.24, 2.45) is 0 Å². The maximum Gasteiger partial charge on any atom is 0.219 e. The highest BCUT2D eigenvalue weighted by molar-refractivity contribution is 5.74. The summed E-state index contributed by atoms with van der Waals surface area (Å²) in [5.41, 5.74) is 2.46. The Bertz CT molecular complexity index is 646. The van der Waals surface area contributed by atoms with Crippen molar-refractivity contribution in [3.05, 3.63) is 42.1 Å². The second kappa shape index (κ2) is 3.86. The summed E-state index contributed by atoms with van der Waals surface area (Å²) in [5.74, 6) is 1.20. The Labute approximate surface area is 97.0 Å². The normalized spacial score (nSPS) is 10.6. The van der Waals surface area contributed by atoms with E-state index in [1.54, 1.807) is 24.4 Å². The quantitative estimate of drug-likeness (QED) is 0.673. The minimum absolute atomic E-state index is 0.548. The first-order valence-corrected chi connectivity index (χ1v) is 5.14. The van der Waals surface area contributed by atoms with Gasteiger partial charge in [0.05, 0.1) is 0 Å². The van der Waals surface area contributed by atoms with Gasteiger partial charge in [0.25, 0.3) is 0 Å². The van der Waals surface area contributed by atoms with Gasteiger partial charge in [0.1, 0.15) is 16.8 Å². The maximum absolute atomic E-state index is 5.59. The third-order valence-electron chi connectivity index (χ3n) is 2.33. The Balaban J connectivity index is 1.91. The molecule has 17 heavy (non-hydrogen) atoms. The van der Waals surface area contributed by atoms with Gasteiger partial charge in [-0.05, 0) is 34.9 Å². The van der Waals surface area contributed by atoms with Gasteiger partial charge in [0.15, 0.2) is 0 Å². The number of nitrogens with zero attached hydrogens (tertiary/aromatic N) is 3. The molecule has 0 saturated carbocycles. The standard InChI is InChI=1S/C12H9N3O2/c1-8-2-5-12(13-7-8)16-9-3-4-10-11(6-9)15-17-14-10/h2-7H,1H3. The molecule has 3 aromatic rings. The van der Waals surface area contributed by atoms with E-state index in [1.807, 2.05) is 19.1 Å². The summed E-state index contributed by atoms with van der Waals surface area (Å²) in [7, 11) is 0. The third-order valence-corrected chi connectivity index (χ3v) is 2.33. The number of aryl methyl sites for hydroxylation is 1. The highest BCUT2D eigenvalue weighted by Gasteiger charge is 2.03. The Morgan fingerprint density at radius 1 is 1.06 bits per heavy atom. The van der Waals surface area contributed by atoms with Crippen molar-refractivity contribution in [2.75, 3.05) is 0 Å². The summed E-state index contributed by atoms with van der Waals surface area (Å²) >= 11 is 0. The van der Waals surface area contributed by atoms with Gasteiger partial charge in [0.2, 0.25) is 5.88 Å². The van der Waals surface area contributed by atoms with E-state index in [1.165, 1.54) is 0 Å². The molecule has 0 amide bonds. The van der Waals surface area contributed by atoms with Gasteiger partial charge in [0, 0.05) is 18.3 Å². The molecular formula is C12H9N3O2. The van der Waals surface area contributed by atoms with Crippen LogP contribution in [0.3, 0.4) is 0 Å². The van der Waals surface area contributed by atoms with Crippen molar-refractivity contribution < 1.29 is 9.37 Å². The van der Waals surface area contributed by atoms with E-state index in [-0.39, 0.29) is 0 Å². The van der Waals surface area contributed by atoms with Crippen LogP contribution < -0.4 is 4.74 Å². The SMILES string of the molecule is Cc1ccc(Oc2ccc3nonc3c2)nc1. The summed E-state index contributed by atoms with van der Waals surface area (Å²) in [5, 5.41) is 7.47. The summed E-state index contributed by atoms with van der Waals surface area (Å²) in [6, 6.07) is 9.11. The van der Waals surface area contributed by atoms with Crippen molar-refractivity contribution in [1.82, 2.24) is 15.3 Å². The van der Waals surface area contributed by atoms with E-state index in [2.05, 4.69) is 19.9 Å². The van der Waals surface area contributed by atoms with Gasteiger partial charge in [-0.1, -0.05) is 6.07 Å². The van der Waals surface area contributed by atoms with Crippen LogP contribution in [0.2, 0.25) is 0 Å². The van der Waals surface area contributed by atoms with Crippen LogP contribution in [0.4, 0.5) is 0 Å². The molecule has 0 saturated heterocycles. The second-order valence-electron chi connectivity index (χ2n) is 3.69. The van der Waals surface area contributed by atoms with Crippen LogP contribution >= 0.6 is 0 Å². The molecule has 0 spiro atoms. The van der Waals surface area contributed by atoms with Crippen LogP contribution in [-0.4, -0.2) is 15.3 Å². The Kier molecular flexibility index (Phi) is 2.22. The van der Waals surface area contributed by atoms with E-state index in [9.17, 15) is 0 Å². The number of pyridine rings is 1. The lowest BCUT2D eigenvalue weighted by Crippen LogP contribution is -1.87. The van der Waals surface area contributed by atoms with Crippen LogP contribution in [0.1, 0.15) is 5.56 Å². The maximum atomic E-state index is 5.59. The molecule has 0 N–H and O–H groups in total. The summed E-state index contributed by atoms with van der Waals surface area (Å²) in [6.45, 7) is 1.98. The molecule has 0 radical (unpaired) electrons. The first kappa shape index (κ1) is 9.77. The molecule has 5 heteroatoms. The van der Waals surface area contributed by atoms with Gasteiger partial charge in [-0.25, -0.2) is 9.61 Å². The topological polar surface area (TPSA) is 61.0 Å². The van der Waals surface area contributed by atoms with Gasteiger partial charge < -0.3 is 4.74 Å². The average Bonchev–Trinajstić information content (AvgIpc) is 2.79. The number of benzene rings is 1. The van der Waals surface area contributed by atoms with Crippen molar-refractivity contribution in [3.8, 4) is 11.6 Å². The third kappa shape index (κ3) is 1.94. The molecule has 1 aromatic carbocycles. The molecule has 0 bridgehead atoms. The fraction of sp³-hybridized carbons (Fsp3) is 0.0833. The molecule has 0 aliphatic rings. The fourth-order valence-electron chi connectivity index (χ4n) is 1.46. The lowest BCUT2D eigenvalue weighted by Gasteiger charge is -2.03. The molecule has 5 nitrogen and oxygen atoms in total. The Hall–Kier alpha value is -2.43. The van der Waals surface area contributed by atoms with E-state index in [0.29, 0.717) is 22.7 Å². The molecule has 0 aliphatic heterocycles. The molecule has 3 rings (SSSR count). The first-order chi connectivity index (χ1) is 8.31. The lowest BCUT2D eigenvalue weighted by atomic mass is 10.3. The second-order valence-corrected chi connectivity index (χ2v) is 3.69. The van der Waals surface area contributed by atoms with Crippen LogP contribution in [0.5, 0.6) is 11.6 Å².